The summed E-state index contributed by atoms with van der Waals surface area (Å²) in [6.45, 7) is 4.39. The van der Waals surface area contributed by atoms with Gasteiger partial charge in [-0.25, -0.2) is 0 Å². The molecule has 0 unspecified atom stereocenters. The normalized spacial score (nSPS) is 16.1. The standard InChI is InChI=1S/C22H19N/c1-15-12-13-21-20(14-15)19-11-7-6-10-18(19)16(2)22(23-21)17-8-4-3-5-9-17/h3-14,16H,1-2H3/t16-/m0/s1. The molecule has 0 bridgehead atoms. The quantitative estimate of drug-likeness (QED) is 0.530. The van der Waals surface area contributed by atoms with E-state index in [-0.39, 0.29) is 5.92 Å². The molecule has 4 rings (SSSR count). The van der Waals surface area contributed by atoms with Crippen molar-refractivity contribution < 1.29 is 0 Å². The van der Waals surface area contributed by atoms with Crippen molar-refractivity contribution in [3.05, 3.63) is 89.5 Å². The van der Waals surface area contributed by atoms with E-state index >= 15 is 0 Å². The Kier molecular flexibility index (Phi) is 3.34. The first-order valence-electron chi connectivity index (χ1n) is 8.08. The zero-order valence-electron chi connectivity index (χ0n) is 13.5. The lowest BCUT2D eigenvalue weighted by atomic mass is 9.87. The lowest BCUT2D eigenvalue weighted by Gasteiger charge is -2.16. The summed E-state index contributed by atoms with van der Waals surface area (Å²) >= 11 is 0. The van der Waals surface area contributed by atoms with Gasteiger partial charge in [0, 0.05) is 11.5 Å². The highest BCUT2D eigenvalue weighted by molar-refractivity contribution is 6.09. The SMILES string of the molecule is Cc1ccc2c(c1)-c1ccccc1[C@H](C)C(c1ccccc1)=N2. The number of hydrogen-bond acceptors (Lipinski definition) is 1. The molecule has 1 aliphatic heterocycles. The van der Waals surface area contributed by atoms with Gasteiger partial charge in [-0.05, 0) is 35.7 Å². The van der Waals surface area contributed by atoms with Crippen LogP contribution in [-0.2, 0) is 0 Å². The van der Waals surface area contributed by atoms with Crippen molar-refractivity contribution in [2.24, 2.45) is 4.99 Å². The van der Waals surface area contributed by atoms with Gasteiger partial charge in [0.1, 0.15) is 0 Å². The summed E-state index contributed by atoms with van der Waals surface area (Å²) < 4.78 is 0. The van der Waals surface area contributed by atoms with Crippen molar-refractivity contribution in [2.45, 2.75) is 19.8 Å². The van der Waals surface area contributed by atoms with Crippen molar-refractivity contribution in [2.75, 3.05) is 0 Å². The smallest absolute Gasteiger partial charge is 0.0712 e. The second-order valence-electron chi connectivity index (χ2n) is 6.19. The maximum Gasteiger partial charge on any atom is 0.0712 e. The highest BCUT2D eigenvalue weighted by atomic mass is 14.8. The van der Waals surface area contributed by atoms with Crippen LogP contribution in [0.5, 0.6) is 0 Å². The van der Waals surface area contributed by atoms with Crippen LogP contribution in [0.2, 0.25) is 0 Å². The largest absolute Gasteiger partial charge is 0.252 e. The fraction of sp³-hybridized carbons (Fsp3) is 0.136. The van der Waals surface area contributed by atoms with Crippen LogP contribution in [0.1, 0.15) is 29.5 Å². The van der Waals surface area contributed by atoms with Crippen LogP contribution in [0.15, 0.2) is 77.8 Å². The van der Waals surface area contributed by atoms with Gasteiger partial charge in [-0.3, -0.25) is 4.99 Å². The van der Waals surface area contributed by atoms with Crippen molar-refractivity contribution >= 4 is 11.4 Å². The molecule has 112 valence electrons. The van der Waals surface area contributed by atoms with E-state index in [4.69, 9.17) is 4.99 Å². The number of aliphatic imine (C=N–C) groups is 1. The fourth-order valence-corrected chi connectivity index (χ4v) is 3.38. The van der Waals surface area contributed by atoms with Crippen LogP contribution in [0.25, 0.3) is 11.1 Å². The molecule has 0 N–H and O–H groups in total. The van der Waals surface area contributed by atoms with E-state index in [9.17, 15) is 0 Å². The summed E-state index contributed by atoms with van der Waals surface area (Å²) in [4.78, 5) is 5.06. The monoisotopic (exact) mass is 297 g/mol. The maximum atomic E-state index is 5.06. The average molecular weight is 297 g/mol. The lowest BCUT2D eigenvalue weighted by molar-refractivity contribution is 1.03. The number of hydrogen-bond donors (Lipinski definition) is 0. The summed E-state index contributed by atoms with van der Waals surface area (Å²) in [6.07, 6.45) is 0. The van der Waals surface area contributed by atoms with E-state index in [0.29, 0.717) is 0 Å². The first-order chi connectivity index (χ1) is 11.2. The Morgan fingerprint density at radius 2 is 1.52 bits per heavy atom. The Morgan fingerprint density at radius 3 is 2.35 bits per heavy atom. The topological polar surface area (TPSA) is 12.4 Å². The van der Waals surface area contributed by atoms with Crippen LogP contribution in [0.4, 0.5) is 5.69 Å². The molecule has 1 heterocycles. The Morgan fingerprint density at radius 1 is 0.783 bits per heavy atom. The van der Waals surface area contributed by atoms with Crippen molar-refractivity contribution in [3.8, 4) is 11.1 Å². The number of nitrogens with zero attached hydrogens (tertiary/aromatic N) is 1. The van der Waals surface area contributed by atoms with Gasteiger partial charge in [0.25, 0.3) is 0 Å². The number of rotatable bonds is 1. The van der Waals surface area contributed by atoms with Crippen LogP contribution in [-0.4, -0.2) is 5.71 Å². The highest BCUT2D eigenvalue weighted by Crippen LogP contribution is 2.41. The van der Waals surface area contributed by atoms with Crippen molar-refractivity contribution in [1.29, 1.82) is 0 Å². The molecule has 0 aliphatic carbocycles. The van der Waals surface area contributed by atoms with Gasteiger partial charge in [0.2, 0.25) is 0 Å². The molecular formula is C22H19N. The van der Waals surface area contributed by atoms with Gasteiger partial charge < -0.3 is 0 Å². The second kappa shape index (κ2) is 5.51. The van der Waals surface area contributed by atoms with Gasteiger partial charge in [0.05, 0.1) is 11.4 Å². The van der Waals surface area contributed by atoms with E-state index in [2.05, 4.69) is 86.6 Å². The van der Waals surface area contributed by atoms with Crippen LogP contribution >= 0.6 is 0 Å². The highest BCUT2D eigenvalue weighted by Gasteiger charge is 2.23. The molecular weight excluding hydrogens is 278 g/mol. The summed E-state index contributed by atoms with van der Waals surface area (Å²) in [7, 11) is 0. The number of aryl methyl sites for hydroxylation is 1. The fourth-order valence-electron chi connectivity index (χ4n) is 3.38. The first-order valence-corrected chi connectivity index (χ1v) is 8.08. The van der Waals surface area contributed by atoms with Crippen LogP contribution in [0.3, 0.4) is 0 Å². The Labute approximate surface area is 137 Å². The third-order valence-corrected chi connectivity index (χ3v) is 4.59. The van der Waals surface area contributed by atoms with E-state index in [1.54, 1.807) is 0 Å². The third-order valence-electron chi connectivity index (χ3n) is 4.59. The van der Waals surface area contributed by atoms with Gasteiger partial charge >= 0.3 is 0 Å². The van der Waals surface area contributed by atoms with E-state index in [1.165, 1.54) is 27.8 Å². The molecule has 0 fully saturated rings. The molecule has 1 atom stereocenters. The minimum atomic E-state index is 0.265. The van der Waals surface area contributed by atoms with E-state index in [0.717, 1.165) is 11.4 Å². The Bertz CT molecular complexity index is 891. The molecule has 1 heteroatoms. The molecule has 0 amide bonds. The van der Waals surface area contributed by atoms with Gasteiger partial charge in [0.15, 0.2) is 0 Å². The number of fused-ring (bicyclic) bond motifs is 3. The summed E-state index contributed by atoms with van der Waals surface area (Å²) in [5, 5.41) is 0. The van der Waals surface area contributed by atoms with Crippen LogP contribution < -0.4 is 0 Å². The minimum absolute atomic E-state index is 0.265. The van der Waals surface area contributed by atoms with Gasteiger partial charge in [-0.1, -0.05) is 73.2 Å². The van der Waals surface area contributed by atoms with Gasteiger partial charge in [-0.2, -0.15) is 0 Å². The van der Waals surface area contributed by atoms with Crippen molar-refractivity contribution in [1.82, 2.24) is 0 Å². The van der Waals surface area contributed by atoms with E-state index < -0.39 is 0 Å². The zero-order valence-corrected chi connectivity index (χ0v) is 13.5. The molecule has 3 aromatic carbocycles. The predicted molar refractivity (Wildman–Crippen MR) is 97.7 cm³/mol. The average Bonchev–Trinajstić information content (AvgIpc) is 2.72. The second-order valence-corrected chi connectivity index (χ2v) is 6.19. The molecule has 0 saturated heterocycles. The molecule has 0 aromatic heterocycles. The lowest BCUT2D eigenvalue weighted by Crippen LogP contribution is -2.10. The van der Waals surface area contributed by atoms with Crippen molar-refractivity contribution in [3.63, 3.8) is 0 Å². The Hall–Kier alpha value is -2.67. The zero-order chi connectivity index (χ0) is 15.8. The van der Waals surface area contributed by atoms with Crippen LogP contribution in [0, 0.1) is 6.92 Å². The molecule has 0 spiro atoms. The summed E-state index contributed by atoms with van der Waals surface area (Å²) in [6, 6.07) is 25.7. The minimum Gasteiger partial charge on any atom is -0.252 e. The van der Waals surface area contributed by atoms with E-state index in [1.807, 2.05) is 0 Å². The first kappa shape index (κ1) is 14.0. The third kappa shape index (κ3) is 2.39. The molecule has 1 aliphatic rings. The molecule has 3 aromatic rings. The number of benzene rings is 3. The summed E-state index contributed by atoms with van der Waals surface area (Å²) in [5.74, 6) is 0.265. The predicted octanol–water partition coefficient (Wildman–Crippen LogP) is 5.90. The molecule has 0 saturated carbocycles. The van der Waals surface area contributed by atoms with Gasteiger partial charge in [-0.15, -0.1) is 0 Å². The summed E-state index contributed by atoms with van der Waals surface area (Å²) in [5.41, 5.74) is 8.55. The molecule has 1 nitrogen and oxygen atoms in total. The molecule has 23 heavy (non-hydrogen) atoms. The maximum absolute atomic E-state index is 5.06. The Balaban J connectivity index is 2.03. The molecule has 0 radical (unpaired) electrons.